The summed E-state index contributed by atoms with van der Waals surface area (Å²) in [5.74, 6) is -10.1. The van der Waals surface area contributed by atoms with Crippen molar-refractivity contribution in [1.29, 1.82) is 0 Å². The van der Waals surface area contributed by atoms with Crippen molar-refractivity contribution in [2.45, 2.75) is 116 Å². The van der Waals surface area contributed by atoms with Gasteiger partial charge in [0.25, 0.3) is 11.8 Å². The topological polar surface area (TPSA) is 314 Å². The lowest BCUT2D eigenvalue weighted by Gasteiger charge is -2.43. The minimum absolute atomic E-state index is 0.000812. The molecule has 8 atom stereocenters. The third-order valence-electron chi connectivity index (χ3n) is 11.9. The number of likely N-dealkylation sites (N-methyl/N-ethyl adjacent to an activating group) is 1. The van der Waals surface area contributed by atoms with Gasteiger partial charge in [0.1, 0.15) is 54.3 Å². The third-order valence-corrected chi connectivity index (χ3v) is 11.9. The van der Waals surface area contributed by atoms with Gasteiger partial charge in [0.15, 0.2) is 11.5 Å². The van der Waals surface area contributed by atoms with Crippen LogP contribution in [0.2, 0.25) is 0 Å². The van der Waals surface area contributed by atoms with Gasteiger partial charge >= 0.3 is 12.0 Å². The van der Waals surface area contributed by atoms with E-state index in [-0.39, 0.29) is 37.1 Å². The molecule has 2 saturated heterocycles. The highest BCUT2D eigenvalue weighted by atomic mass is 16.5. The van der Waals surface area contributed by atoms with Crippen molar-refractivity contribution in [1.82, 2.24) is 41.7 Å². The summed E-state index contributed by atoms with van der Waals surface area (Å²) < 4.78 is 5.82. The summed E-state index contributed by atoms with van der Waals surface area (Å²) >= 11 is 0. The van der Waals surface area contributed by atoms with E-state index in [0.717, 1.165) is 21.9 Å². The van der Waals surface area contributed by atoms with Crippen molar-refractivity contribution in [2.24, 2.45) is 11.8 Å². The van der Waals surface area contributed by atoms with Gasteiger partial charge < -0.3 is 67.1 Å². The number of nitrogens with one attached hydrogen (secondary N) is 7. The Kier molecular flexibility index (Phi) is 17.5. The van der Waals surface area contributed by atoms with Gasteiger partial charge in [-0.3, -0.25) is 33.6 Å². The molecule has 22 heteroatoms. The van der Waals surface area contributed by atoms with E-state index in [1.807, 2.05) is 0 Å². The SMILES string of the molecule is C/C=C1/NC(=O)[C@H]2NC(=O)[C@@H](NC(=O)C(C)C)/C=C/CNC(=O)Nc3cc(O)c(O)cc3C[C@@H](C(=O)N[C@@H](C(C)C)C(=O)O[C@@H]2C)N(C)C(=O)[C@H](Cc2ccccc2)N2C(=O)[C@H](CC[C@H]2O)NC1=O. The first-order valence-corrected chi connectivity index (χ1v) is 22.6. The Morgan fingerprint density at radius 1 is 0.884 bits per heavy atom. The lowest BCUT2D eigenvalue weighted by Crippen LogP contribution is -2.64. The molecule has 22 nitrogen and oxygen atoms in total. The number of carbonyl (C=O) groups is 9. The summed E-state index contributed by atoms with van der Waals surface area (Å²) in [7, 11) is 1.25. The molecule has 10 N–H and O–H groups in total. The Balaban J connectivity index is 1.76. The molecule has 5 rings (SSSR count). The van der Waals surface area contributed by atoms with Crippen LogP contribution in [0.4, 0.5) is 10.5 Å². The van der Waals surface area contributed by atoms with Gasteiger partial charge in [0.05, 0.1) is 0 Å². The standard InChI is InChI=1S/C47H61N9O13/c1-8-28-40(61)51-30-16-17-36(59)56(44(30)65)33(19-26-13-10-9-11-14-26)45(66)55(7)32-20-27-21-34(57)35(58)22-31(27)52-47(68)48-18-12-15-29(50-39(60)24(4)5)41(62)54-38(43(64)49-28)25(6)69-46(67)37(23(2)3)53-42(32)63/h8-15,21-25,29-30,32-33,36-38,57-59H,16-20H2,1-7H3,(H,49,64)(H,50,60)(H,51,61)(H,53,63)(H,54,62)(H2,48,52,68)/b15-12+,28-8+/t25-,29+,30+,32+,33+,36-,37+,38+/m1/s1. The van der Waals surface area contributed by atoms with Gasteiger partial charge in [-0.2, -0.15) is 0 Å². The van der Waals surface area contributed by atoms with E-state index in [4.69, 9.17) is 4.74 Å². The van der Waals surface area contributed by atoms with E-state index in [1.54, 1.807) is 58.0 Å². The van der Waals surface area contributed by atoms with Crippen molar-refractivity contribution in [3.05, 3.63) is 77.5 Å². The predicted molar refractivity (Wildman–Crippen MR) is 247 cm³/mol. The number of hydrogen-bond donors (Lipinski definition) is 10. The second-order valence-electron chi connectivity index (χ2n) is 17.7. The highest BCUT2D eigenvalue weighted by Crippen LogP contribution is 2.33. The smallest absolute Gasteiger partial charge is 0.329 e. The minimum atomic E-state index is -1.80. The molecule has 2 aromatic rings. The van der Waals surface area contributed by atoms with E-state index >= 15 is 4.79 Å². The lowest BCUT2D eigenvalue weighted by atomic mass is 9.95. The van der Waals surface area contributed by atoms with Crippen LogP contribution >= 0.6 is 0 Å². The number of hydrogen-bond acceptors (Lipinski definition) is 13. The number of aliphatic hydroxyl groups is 1. The normalized spacial score (nSPS) is 27.1. The zero-order chi connectivity index (χ0) is 50.9. The van der Waals surface area contributed by atoms with Crippen LogP contribution in [0, 0.1) is 11.8 Å². The fraction of sp³-hybridized carbons (Fsp3) is 0.468. The average Bonchev–Trinajstić information content (AvgIpc) is 3.29. The number of aliphatic hydroxyl groups excluding tert-OH is 1. The Labute approximate surface area is 398 Å². The molecule has 2 fully saturated rings. The van der Waals surface area contributed by atoms with Crippen LogP contribution in [-0.2, 0) is 55.9 Å². The fourth-order valence-electron chi connectivity index (χ4n) is 7.91. The fourth-order valence-corrected chi connectivity index (χ4v) is 7.91. The van der Waals surface area contributed by atoms with Gasteiger partial charge in [-0.05, 0) is 49.8 Å². The van der Waals surface area contributed by atoms with Gasteiger partial charge in [-0.1, -0.05) is 76.3 Å². The molecule has 2 aromatic carbocycles. The lowest BCUT2D eigenvalue weighted by molar-refractivity contribution is -0.165. The van der Waals surface area contributed by atoms with Gasteiger partial charge in [-0.25, -0.2) is 9.59 Å². The number of amides is 9. The molecule has 4 bridgehead atoms. The van der Waals surface area contributed by atoms with Crippen LogP contribution in [0.25, 0.3) is 0 Å². The van der Waals surface area contributed by atoms with Crippen molar-refractivity contribution >= 4 is 59.0 Å². The van der Waals surface area contributed by atoms with Crippen LogP contribution < -0.4 is 37.2 Å². The molecule has 3 aliphatic rings. The summed E-state index contributed by atoms with van der Waals surface area (Å²) in [5, 5.41) is 50.7. The van der Waals surface area contributed by atoms with Crippen molar-refractivity contribution in [3.8, 4) is 11.5 Å². The predicted octanol–water partition coefficient (Wildman–Crippen LogP) is -0.0728. The zero-order valence-electron chi connectivity index (χ0n) is 39.4. The van der Waals surface area contributed by atoms with Crippen LogP contribution in [-0.4, -0.2) is 141 Å². The highest BCUT2D eigenvalue weighted by molar-refractivity contribution is 6.03. The molecule has 0 radical (unpaired) electrons. The van der Waals surface area contributed by atoms with Crippen molar-refractivity contribution in [3.63, 3.8) is 0 Å². The summed E-state index contributed by atoms with van der Waals surface area (Å²) in [5.41, 5.74) is 0.0120. The number of carbonyl (C=O) groups excluding carboxylic acids is 9. The summed E-state index contributed by atoms with van der Waals surface area (Å²) in [6, 6.07) is 0.325. The first-order chi connectivity index (χ1) is 32.6. The Bertz CT molecular complexity index is 2370. The number of nitrogens with zero attached hydrogens (tertiary/aromatic N) is 2. The van der Waals surface area contributed by atoms with E-state index in [9.17, 15) is 53.7 Å². The van der Waals surface area contributed by atoms with E-state index in [0.29, 0.717) is 5.56 Å². The number of fused-ring (bicyclic) bond motifs is 10. The summed E-state index contributed by atoms with van der Waals surface area (Å²) in [4.78, 5) is 130. The number of benzene rings is 2. The van der Waals surface area contributed by atoms with Crippen molar-refractivity contribution in [2.75, 3.05) is 18.9 Å². The van der Waals surface area contributed by atoms with Crippen LogP contribution in [0.5, 0.6) is 11.5 Å². The van der Waals surface area contributed by atoms with E-state index < -0.39 is 137 Å². The Morgan fingerprint density at radius 3 is 2.22 bits per heavy atom. The first kappa shape index (κ1) is 52.5. The molecular weight excluding hydrogens is 899 g/mol. The monoisotopic (exact) mass is 959 g/mol. The summed E-state index contributed by atoms with van der Waals surface area (Å²) in [6.07, 6.45) is -0.299. The van der Waals surface area contributed by atoms with Crippen LogP contribution in [0.15, 0.2) is 66.4 Å². The number of piperidine rings is 1. The number of anilines is 1. The molecule has 0 unspecified atom stereocenters. The maximum absolute atomic E-state index is 15.2. The van der Waals surface area contributed by atoms with Crippen molar-refractivity contribution < 1.29 is 63.2 Å². The molecule has 0 aromatic heterocycles. The third kappa shape index (κ3) is 12.9. The first-order valence-electron chi connectivity index (χ1n) is 22.6. The molecule has 0 aliphatic carbocycles. The largest absolute Gasteiger partial charge is 0.504 e. The minimum Gasteiger partial charge on any atom is -0.504 e. The molecule has 372 valence electrons. The second kappa shape index (κ2) is 23.0. The maximum atomic E-state index is 15.2. The van der Waals surface area contributed by atoms with E-state index in [1.165, 1.54) is 39.1 Å². The molecule has 9 amide bonds. The van der Waals surface area contributed by atoms with Crippen LogP contribution in [0.3, 0.4) is 0 Å². The number of esters is 1. The Hall–Kier alpha value is -7.49. The second-order valence-corrected chi connectivity index (χ2v) is 17.7. The quantitative estimate of drug-likeness (QED) is 0.0618. The van der Waals surface area contributed by atoms with Crippen LogP contribution in [0.1, 0.15) is 65.5 Å². The molecule has 3 heterocycles. The number of ether oxygens (including phenoxy) is 1. The number of rotatable bonds is 5. The molecular formula is C47H61N9O13. The summed E-state index contributed by atoms with van der Waals surface area (Å²) in [6.45, 7) is 8.69. The molecule has 0 saturated carbocycles. The molecule has 3 aliphatic heterocycles. The number of allylic oxidation sites excluding steroid dienone is 1. The number of urea groups is 1. The van der Waals surface area contributed by atoms with Gasteiger partial charge in [-0.15, -0.1) is 0 Å². The average molecular weight is 960 g/mol. The molecule has 69 heavy (non-hydrogen) atoms. The number of phenolic OH excluding ortho intramolecular Hbond substituents is 2. The molecule has 0 spiro atoms. The number of aromatic hydroxyl groups is 2. The Morgan fingerprint density at radius 2 is 1.57 bits per heavy atom. The highest BCUT2D eigenvalue weighted by Gasteiger charge is 2.45. The maximum Gasteiger partial charge on any atom is 0.329 e. The number of phenols is 2. The van der Waals surface area contributed by atoms with Gasteiger partial charge in [0.2, 0.25) is 29.5 Å². The zero-order valence-corrected chi connectivity index (χ0v) is 39.4. The van der Waals surface area contributed by atoms with Gasteiger partial charge in [0, 0.05) is 44.1 Å². The van der Waals surface area contributed by atoms with E-state index in [2.05, 4.69) is 37.2 Å².